The molecule has 0 spiro atoms. The first kappa shape index (κ1) is 14.2. The van der Waals surface area contributed by atoms with Crippen molar-refractivity contribution in [2.45, 2.75) is 34.1 Å². The summed E-state index contributed by atoms with van der Waals surface area (Å²) in [5.74, 6) is -0.203. The SMILES string of the molecule is CCc1cc([N+](=O)[O-])cc(C)c1NC(=O)C(C)C. The van der Waals surface area contributed by atoms with Gasteiger partial charge in [-0.2, -0.15) is 0 Å². The van der Waals surface area contributed by atoms with Crippen LogP contribution in [0.3, 0.4) is 0 Å². The zero-order chi connectivity index (χ0) is 13.9. The van der Waals surface area contributed by atoms with Crippen LogP contribution >= 0.6 is 0 Å². The van der Waals surface area contributed by atoms with Gasteiger partial charge in [-0.05, 0) is 24.5 Å². The third kappa shape index (κ3) is 3.06. The Hall–Kier alpha value is -1.91. The van der Waals surface area contributed by atoms with Crippen LogP contribution in [0.2, 0.25) is 0 Å². The van der Waals surface area contributed by atoms with E-state index in [1.165, 1.54) is 12.1 Å². The zero-order valence-corrected chi connectivity index (χ0v) is 11.1. The Morgan fingerprint density at radius 2 is 2.06 bits per heavy atom. The lowest BCUT2D eigenvalue weighted by molar-refractivity contribution is -0.384. The molecule has 0 aromatic heterocycles. The van der Waals surface area contributed by atoms with Gasteiger partial charge >= 0.3 is 0 Å². The number of aryl methyl sites for hydroxylation is 2. The molecule has 0 radical (unpaired) electrons. The smallest absolute Gasteiger partial charge is 0.270 e. The maximum atomic E-state index is 11.7. The molecule has 5 heteroatoms. The van der Waals surface area contributed by atoms with Crippen molar-refractivity contribution in [1.82, 2.24) is 0 Å². The number of hydrogen-bond acceptors (Lipinski definition) is 3. The monoisotopic (exact) mass is 250 g/mol. The molecule has 5 nitrogen and oxygen atoms in total. The fourth-order valence-electron chi connectivity index (χ4n) is 1.67. The van der Waals surface area contributed by atoms with Gasteiger partial charge in [0.2, 0.25) is 5.91 Å². The Kier molecular flexibility index (Phi) is 4.42. The van der Waals surface area contributed by atoms with Gasteiger partial charge in [-0.25, -0.2) is 0 Å². The summed E-state index contributed by atoms with van der Waals surface area (Å²) in [5, 5.41) is 13.6. The van der Waals surface area contributed by atoms with Gasteiger partial charge in [0.25, 0.3) is 5.69 Å². The molecule has 1 amide bonds. The first-order valence-corrected chi connectivity index (χ1v) is 5.95. The Morgan fingerprint density at radius 1 is 1.44 bits per heavy atom. The number of hydrogen-bond donors (Lipinski definition) is 1. The molecule has 0 unspecified atom stereocenters. The average Bonchev–Trinajstić information content (AvgIpc) is 2.30. The highest BCUT2D eigenvalue weighted by Crippen LogP contribution is 2.27. The highest BCUT2D eigenvalue weighted by Gasteiger charge is 2.16. The van der Waals surface area contributed by atoms with Crippen molar-refractivity contribution in [2.75, 3.05) is 5.32 Å². The number of anilines is 1. The largest absolute Gasteiger partial charge is 0.325 e. The molecule has 0 saturated heterocycles. The molecule has 1 rings (SSSR count). The summed E-state index contributed by atoms with van der Waals surface area (Å²) >= 11 is 0. The van der Waals surface area contributed by atoms with Crippen molar-refractivity contribution >= 4 is 17.3 Å². The van der Waals surface area contributed by atoms with Gasteiger partial charge in [0.05, 0.1) is 4.92 Å². The first-order valence-electron chi connectivity index (χ1n) is 5.95. The van der Waals surface area contributed by atoms with Crippen molar-refractivity contribution in [2.24, 2.45) is 5.92 Å². The predicted molar refractivity (Wildman–Crippen MR) is 70.7 cm³/mol. The number of carbonyl (C=O) groups is 1. The number of carbonyl (C=O) groups excluding carboxylic acids is 1. The summed E-state index contributed by atoms with van der Waals surface area (Å²) in [6.07, 6.45) is 0.635. The van der Waals surface area contributed by atoms with Crippen LogP contribution in [0.1, 0.15) is 31.9 Å². The Labute approximate surface area is 106 Å². The quantitative estimate of drug-likeness (QED) is 0.659. The fraction of sp³-hybridized carbons (Fsp3) is 0.462. The van der Waals surface area contributed by atoms with Gasteiger partial charge in [0.15, 0.2) is 0 Å². The number of non-ortho nitro benzene ring substituents is 1. The van der Waals surface area contributed by atoms with E-state index in [1.807, 2.05) is 20.8 Å². The van der Waals surface area contributed by atoms with Crippen LogP contribution in [0.15, 0.2) is 12.1 Å². The number of nitrogens with one attached hydrogen (secondary N) is 1. The molecule has 1 N–H and O–H groups in total. The lowest BCUT2D eigenvalue weighted by atomic mass is 10.0. The van der Waals surface area contributed by atoms with Gasteiger partial charge < -0.3 is 5.32 Å². The minimum atomic E-state index is -0.416. The summed E-state index contributed by atoms with van der Waals surface area (Å²) < 4.78 is 0. The molecule has 1 aromatic rings. The Balaban J connectivity index is 3.19. The zero-order valence-electron chi connectivity index (χ0n) is 11.1. The second-order valence-electron chi connectivity index (χ2n) is 4.55. The van der Waals surface area contributed by atoms with Crippen LogP contribution in [0, 0.1) is 23.0 Å². The van der Waals surface area contributed by atoms with Crippen molar-refractivity contribution in [3.8, 4) is 0 Å². The van der Waals surface area contributed by atoms with Crippen LogP contribution in [0.4, 0.5) is 11.4 Å². The van der Waals surface area contributed by atoms with E-state index in [9.17, 15) is 14.9 Å². The number of rotatable bonds is 4. The summed E-state index contributed by atoms with van der Waals surface area (Å²) in [6, 6.07) is 3.00. The van der Waals surface area contributed by atoms with Crippen LogP contribution in [0.25, 0.3) is 0 Å². The molecule has 0 atom stereocenters. The molecule has 0 aliphatic rings. The second-order valence-corrected chi connectivity index (χ2v) is 4.55. The lowest BCUT2D eigenvalue weighted by Crippen LogP contribution is -2.19. The molecule has 98 valence electrons. The van der Waals surface area contributed by atoms with E-state index in [2.05, 4.69) is 5.32 Å². The van der Waals surface area contributed by atoms with Gasteiger partial charge in [0.1, 0.15) is 0 Å². The highest BCUT2D eigenvalue weighted by molar-refractivity contribution is 5.93. The van der Waals surface area contributed by atoms with E-state index in [1.54, 1.807) is 6.92 Å². The van der Waals surface area contributed by atoms with E-state index < -0.39 is 4.92 Å². The molecule has 0 aliphatic heterocycles. The number of nitro benzene ring substituents is 1. The Morgan fingerprint density at radius 3 is 2.50 bits per heavy atom. The van der Waals surface area contributed by atoms with Crippen molar-refractivity contribution in [1.29, 1.82) is 0 Å². The number of amides is 1. The molecule has 0 saturated carbocycles. The van der Waals surface area contributed by atoms with E-state index in [4.69, 9.17) is 0 Å². The van der Waals surface area contributed by atoms with E-state index in [0.29, 0.717) is 12.1 Å². The van der Waals surface area contributed by atoms with Gasteiger partial charge in [-0.3, -0.25) is 14.9 Å². The summed E-state index contributed by atoms with van der Waals surface area (Å²) in [7, 11) is 0. The molecule has 18 heavy (non-hydrogen) atoms. The third-order valence-corrected chi connectivity index (χ3v) is 2.77. The maximum absolute atomic E-state index is 11.7. The molecular weight excluding hydrogens is 232 g/mol. The standard InChI is InChI=1S/C13H18N2O3/c1-5-10-7-11(15(17)18)6-9(4)12(10)14-13(16)8(2)3/h6-8H,5H2,1-4H3,(H,14,16). The molecular formula is C13H18N2O3. The maximum Gasteiger partial charge on any atom is 0.270 e. The molecule has 0 aliphatic carbocycles. The van der Waals surface area contributed by atoms with Crippen molar-refractivity contribution < 1.29 is 9.72 Å². The van der Waals surface area contributed by atoms with E-state index in [0.717, 1.165) is 11.1 Å². The van der Waals surface area contributed by atoms with Gasteiger partial charge in [-0.15, -0.1) is 0 Å². The number of benzene rings is 1. The van der Waals surface area contributed by atoms with Crippen LogP contribution < -0.4 is 5.32 Å². The predicted octanol–water partition coefficient (Wildman–Crippen LogP) is 3.06. The van der Waals surface area contributed by atoms with Gasteiger partial charge in [-0.1, -0.05) is 20.8 Å². The van der Waals surface area contributed by atoms with E-state index in [-0.39, 0.29) is 17.5 Å². The second kappa shape index (κ2) is 5.62. The molecule has 1 aromatic carbocycles. The lowest BCUT2D eigenvalue weighted by Gasteiger charge is -2.14. The molecule has 0 fully saturated rings. The fourth-order valence-corrected chi connectivity index (χ4v) is 1.67. The first-order chi connectivity index (χ1) is 8.36. The molecule has 0 heterocycles. The van der Waals surface area contributed by atoms with Gasteiger partial charge in [0, 0.05) is 23.7 Å². The highest BCUT2D eigenvalue weighted by atomic mass is 16.6. The summed E-state index contributed by atoms with van der Waals surface area (Å²) in [4.78, 5) is 22.1. The summed E-state index contributed by atoms with van der Waals surface area (Å²) in [6.45, 7) is 7.29. The van der Waals surface area contributed by atoms with E-state index >= 15 is 0 Å². The number of nitro groups is 1. The average molecular weight is 250 g/mol. The normalized spacial score (nSPS) is 10.5. The van der Waals surface area contributed by atoms with Crippen LogP contribution in [-0.2, 0) is 11.2 Å². The van der Waals surface area contributed by atoms with Crippen molar-refractivity contribution in [3.63, 3.8) is 0 Å². The molecule has 0 bridgehead atoms. The summed E-state index contributed by atoms with van der Waals surface area (Å²) in [5.41, 5.74) is 2.26. The van der Waals surface area contributed by atoms with Crippen molar-refractivity contribution in [3.05, 3.63) is 33.4 Å². The minimum Gasteiger partial charge on any atom is -0.325 e. The minimum absolute atomic E-state index is 0.0619. The Bertz CT molecular complexity index is 481. The van der Waals surface area contributed by atoms with Crippen LogP contribution in [-0.4, -0.2) is 10.8 Å². The topological polar surface area (TPSA) is 72.2 Å². The van der Waals surface area contributed by atoms with Crippen LogP contribution in [0.5, 0.6) is 0 Å². The third-order valence-electron chi connectivity index (χ3n) is 2.77. The number of nitrogens with zero attached hydrogens (tertiary/aromatic N) is 1.